The van der Waals surface area contributed by atoms with Gasteiger partial charge in [-0.3, -0.25) is 0 Å². The Kier molecular flexibility index (Phi) is 4.81. The fourth-order valence-corrected chi connectivity index (χ4v) is 1.95. The van der Waals surface area contributed by atoms with Crippen LogP contribution in [0.25, 0.3) is 5.57 Å². The number of aliphatic carboxylic acids is 1. The van der Waals surface area contributed by atoms with Crippen LogP contribution in [0.5, 0.6) is 0 Å². The fourth-order valence-electron chi connectivity index (χ4n) is 1.41. The van der Waals surface area contributed by atoms with E-state index in [1.54, 1.807) is 0 Å². The third-order valence-electron chi connectivity index (χ3n) is 2.01. The molecule has 0 radical (unpaired) electrons. The Morgan fingerprint density at radius 3 is 2.80 bits per heavy atom. The van der Waals surface area contributed by atoms with Crippen molar-refractivity contribution in [2.24, 2.45) is 0 Å². The third kappa shape index (κ3) is 4.03. The minimum Gasteiger partial charge on any atom is -0.478 e. The molecule has 3 heteroatoms. The number of hydrogen-bond donors (Lipinski definition) is 1. The van der Waals surface area contributed by atoms with Crippen LogP contribution in [-0.2, 0) is 4.79 Å². The number of carboxylic acid groups (broad SMARTS) is 1. The Labute approximate surface area is 103 Å². The topological polar surface area (TPSA) is 37.3 Å². The summed E-state index contributed by atoms with van der Waals surface area (Å²) in [5, 5.41) is 8.76. The number of allylic oxidation sites excluding steroid dienone is 1. The van der Waals surface area contributed by atoms with Crippen LogP contribution in [0.3, 0.4) is 0 Å². The Morgan fingerprint density at radius 1 is 1.53 bits per heavy atom. The molecule has 0 saturated heterocycles. The molecule has 0 atom stereocenters. The van der Waals surface area contributed by atoms with E-state index in [4.69, 9.17) is 5.11 Å². The van der Waals surface area contributed by atoms with Gasteiger partial charge in [-0.2, -0.15) is 0 Å². The minimum absolute atomic E-state index is 0.798. The Balaban J connectivity index is 3.04. The smallest absolute Gasteiger partial charge is 0.328 e. The molecule has 15 heavy (non-hydrogen) atoms. The van der Waals surface area contributed by atoms with E-state index in [-0.39, 0.29) is 0 Å². The Hall–Kier alpha value is -0.840. The quantitative estimate of drug-likeness (QED) is 0.681. The van der Waals surface area contributed by atoms with Crippen molar-refractivity contribution in [2.45, 2.75) is 19.8 Å². The second kappa shape index (κ2) is 5.90. The van der Waals surface area contributed by atoms with Gasteiger partial charge in [-0.05, 0) is 52.3 Å². The van der Waals surface area contributed by atoms with Gasteiger partial charge in [0.15, 0.2) is 0 Å². The van der Waals surface area contributed by atoms with Crippen molar-refractivity contribution in [3.63, 3.8) is 0 Å². The molecule has 0 aromatic heterocycles. The Morgan fingerprint density at radius 2 is 2.27 bits per heavy atom. The lowest BCUT2D eigenvalue weighted by atomic mass is 10.0. The maximum absolute atomic E-state index is 10.7. The van der Waals surface area contributed by atoms with Crippen LogP contribution >= 0.6 is 22.6 Å². The van der Waals surface area contributed by atoms with Crippen LogP contribution in [0.4, 0.5) is 0 Å². The summed E-state index contributed by atoms with van der Waals surface area (Å²) in [6.45, 7) is 2.05. The van der Waals surface area contributed by atoms with Gasteiger partial charge in [0.25, 0.3) is 0 Å². The molecular weight excluding hydrogens is 303 g/mol. The first-order chi connectivity index (χ1) is 7.13. The monoisotopic (exact) mass is 316 g/mol. The van der Waals surface area contributed by atoms with E-state index in [1.165, 1.54) is 6.08 Å². The molecule has 1 aromatic rings. The minimum atomic E-state index is -0.877. The molecule has 1 rings (SSSR count). The molecule has 0 aliphatic carbocycles. The van der Waals surface area contributed by atoms with Gasteiger partial charge in [0.05, 0.1) is 0 Å². The van der Waals surface area contributed by atoms with Crippen LogP contribution in [0, 0.1) is 3.57 Å². The van der Waals surface area contributed by atoms with Crippen LogP contribution in [0.2, 0.25) is 0 Å². The van der Waals surface area contributed by atoms with Gasteiger partial charge in [-0.25, -0.2) is 4.79 Å². The predicted octanol–water partition coefficient (Wildman–Crippen LogP) is 3.56. The third-order valence-corrected chi connectivity index (χ3v) is 2.68. The second-order valence-corrected chi connectivity index (χ2v) is 4.51. The molecule has 1 N–H and O–H groups in total. The summed E-state index contributed by atoms with van der Waals surface area (Å²) in [5.74, 6) is -0.877. The molecule has 0 saturated carbocycles. The zero-order valence-corrected chi connectivity index (χ0v) is 10.7. The molecule has 1 aromatic carbocycles. The highest BCUT2D eigenvalue weighted by Gasteiger charge is 2.03. The standard InChI is InChI=1S/C12H13IO2/c1-2-4-9(8-12(14)15)10-5-3-6-11(13)7-10/h3,5-8H,2,4H2,1H3,(H,14,15). The number of benzene rings is 1. The van der Waals surface area contributed by atoms with E-state index >= 15 is 0 Å². The molecule has 0 aliphatic heterocycles. The maximum Gasteiger partial charge on any atom is 0.328 e. The zero-order valence-electron chi connectivity index (χ0n) is 8.53. The first-order valence-corrected chi connectivity index (χ1v) is 5.90. The zero-order chi connectivity index (χ0) is 11.3. The molecule has 0 bridgehead atoms. The molecular formula is C12H13IO2. The number of carbonyl (C=O) groups is 1. The van der Waals surface area contributed by atoms with E-state index in [1.807, 2.05) is 31.2 Å². The van der Waals surface area contributed by atoms with E-state index in [0.29, 0.717) is 0 Å². The fraction of sp³-hybridized carbons (Fsp3) is 0.250. The number of hydrogen-bond acceptors (Lipinski definition) is 1. The lowest BCUT2D eigenvalue weighted by Gasteiger charge is -2.05. The summed E-state index contributed by atoms with van der Waals surface area (Å²) in [6, 6.07) is 7.90. The average Bonchev–Trinajstić information content (AvgIpc) is 2.16. The van der Waals surface area contributed by atoms with Crippen LogP contribution in [0.1, 0.15) is 25.3 Å². The highest BCUT2D eigenvalue weighted by Crippen LogP contribution is 2.21. The first-order valence-electron chi connectivity index (χ1n) is 4.83. The molecule has 0 fully saturated rings. The van der Waals surface area contributed by atoms with Gasteiger partial charge >= 0.3 is 5.97 Å². The number of carboxylic acids is 1. The normalized spacial score (nSPS) is 11.5. The summed E-state index contributed by atoms with van der Waals surface area (Å²) >= 11 is 2.23. The summed E-state index contributed by atoms with van der Waals surface area (Å²) in [7, 11) is 0. The van der Waals surface area contributed by atoms with Gasteiger partial charge in [0.1, 0.15) is 0 Å². The lowest BCUT2D eigenvalue weighted by Crippen LogP contribution is -1.93. The van der Waals surface area contributed by atoms with E-state index < -0.39 is 5.97 Å². The second-order valence-electron chi connectivity index (χ2n) is 3.27. The molecule has 0 spiro atoms. The van der Waals surface area contributed by atoms with Crippen molar-refractivity contribution >= 4 is 34.1 Å². The highest BCUT2D eigenvalue weighted by molar-refractivity contribution is 14.1. The maximum atomic E-state index is 10.7. The summed E-state index contributed by atoms with van der Waals surface area (Å²) in [6.07, 6.45) is 3.05. The van der Waals surface area contributed by atoms with E-state index in [9.17, 15) is 4.79 Å². The van der Waals surface area contributed by atoms with Crippen molar-refractivity contribution in [2.75, 3.05) is 0 Å². The molecule has 0 aliphatic rings. The lowest BCUT2D eigenvalue weighted by molar-refractivity contribution is -0.131. The summed E-state index contributed by atoms with van der Waals surface area (Å²) in [5.41, 5.74) is 1.90. The van der Waals surface area contributed by atoms with Crippen molar-refractivity contribution in [1.82, 2.24) is 0 Å². The predicted molar refractivity (Wildman–Crippen MR) is 69.7 cm³/mol. The van der Waals surface area contributed by atoms with Crippen LogP contribution in [0.15, 0.2) is 30.3 Å². The SMILES string of the molecule is CCCC(=CC(=O)O)c1cccc(I)c1. The number of rotatable bonds is 4. The molecule has 0 amide bonds. The van der Waals surface area contributed by atoms with Crippen LogP contribution in [-0.4, -0.2) is 11.1 Å². The van der Waals surface area contributed by atoms with Crippen molar-refractivity contribution < 1.29 is 9.90 Å². The Bertz CT molecular complexity index is 383. The molecule has 0 heterocycles. The molecule has 0 unspecified atom stereocenters. The van der Waals surface area contributed by atoms with Gasteiger partial charge in [-0.15, -0.1) is 0 Å². The largest absolute Gasteiger partial charge is 0.478 e. The van der Waals surface area contributed by atoms with E-state index in [2.05, 4.69) is 22.6 Å². The molecule has 80 valence electrons. The first kappa shape index (κ1) is 12.2. The van der Waals surface area contributed by atoms with Crippen molar-refractivity contribution in [1.29, 1.82) is 0 Å². The molecule has 2 nitrogen and oxygen atoms in total. The van der Waals surface area contributed by atoms with Gasteiger partial charge < -0.3 is 5.11 Å². The van der Waals surface area contributed by atoms with Crippen molar-refractivity contribution in [3.8, 4) is 0 Å². The number of halogens is 1. The highest BCUT2D eigenvalue weighted by atomic mass is 127. The van der Waals surface area contributed by atoms with Gasteiger partial charge in [0, 0.05) is 9.65 Å². The van der Waals surface area contributed by atoms with E-state index in [0.717, 1.165) is 27.5 Å². The van der Waals surface area contributed by atoms with Gasteiger partial charge in [0.2, 0.25) is 0 Å². The summed E-state index contributed by atoms with van der Waals surface area (Å²) < 4.78 is 1.12. The van der Waals surface area contributed by atoms with Crippen molar-refractivity contribution in [3.05, 3.63) is 39.5 Å². The van der Waals surface area contributed by atoms with Gasteiger partial charge in [-0.1, -0.05) is 25.5 Å². The summed E-state index contributed by atoms with van der Waals surface area (Å²) in [4.78, 5) is 10.7. The average molecular weight is 316 g/mol. The van der Waals surface area contributed by atoms with Crippen LogP contribution < -0.4 is 0 Å².